The smallest absolute Gasteiger partial charge is 0.412 e. The number of benzene rings is 3. The minimum absolute atomic E-state index is 0.145. The summed E-state index contributed by atoms with van der Waals surface area (Å²) in [7, 11) is 3.02. The van der Waals surface area contributed by atoms with Gasteiger partial charge in [0, 0.05) is 18.1 Å². The van der Waals surface area contributed by atoms with Gasteiger partial charge in [-0.1, -0.05) is 66.8 Å². The summed E-state index contributed by atoms with van der Waals surface area (Å²) < 4.78 is 53.0. The zero-order valence-electron chi connectivity index (χ0n) is 20.6. The van der Waals surface area contributed by atoms with E-state index in [1.165, 1.54) is 31.7 Å². The summed E-state index contributed by atoms with van der Waals surface area (Å²) in [5.74, 6) is 1.05. The molecule has 1 heterocycles. The topological polar surface area (TPSA) is 56.7 Å². The molecule has 0 radical (unpaired) electrons. The molecule has 1 unspecified atom stereocenters. The molecule has 0 fully saturated rings. The predicted octanol–water partition coefficient (Wildman–Crippen LogP) is 6.79. The summed E-state index contributed by atoms with van der Waals surface area (Å²) in [6.45, 7) is 0. The van der Waals surface area contributed by atoms with Gasteiger partial charge in [-0.05, 0) is 23.8 Å². The van der Waals surface area contributed by atoms with Crippen LogP contribution in [0.1, 0.15) is 12.0 Å². The number of nitrogens with zero attached hydrogens (tertiary/aromatic N) is 3. The van der Waals surface area contributed by atoms with Crippen molar-refractivity contribution in [3.63, 3.8) is 0 Å². The van der Waals surface area contributed by atoms with Crippen molar-refractivity contribution in [2.24, 2.45) is 0 Å². The summed E-state index contributed by atoms with van der Waals surface area (Å²) in [6.07, 6.45) is 0.675. The SMILES string of the molecule is COc1cc2ncnc(ON(c3ccccc3)C3(c4ccccc4)C=CC=C(C(F)(F)F)C3)c2cc1OC. The van der Waals surface area contributed by atoms with Crippen LogP contribution in [0.3, 0.4) is 0 Å². The number of allylic oxidation sites excluding steroid dienone is 2. The second-order valence-corrected chi connectivity index (χ2v) is 8.64. The molecule has 0 saturated carbocycles. The molecule has 1 aliphatic rings. The molecule has 38 heavy (non-hydrogen) atoms. The average molecular weight is 520 g/mol. The molecule has 1 atom stereocenters. The molecule has 6 nitrogen and oxygen atoms in total. The van der Waals surface area contributed by atoms with E-state index in [-0.39, 0.29) is 12.3 Å². The lowest BCUT2D eigenvalue weighted by atomic mass is 9.79. The first-order chi connectivity index (χ1) is 18.4. The number of hydroxylamine groups is 1. The number of rotatable bonds is 7. The van der Waals surface area contributed by atoms with Gasteiger partial charge in [-0.3, -0.25) is 0 Å². The Hall–Kier alpha value is -4.53. The Morgan fingerprint density at radius 2 is 1.53 bits per heavy atom. The largest absolute Gasteiger partial charge is 0.493 e. The van der Waals surface area contributed by atoms with Gasteiger partial charge in [0.05, 0.1) is 30.8 Å². The normalized spacial score (nSPS) is 17.1. The van der Waals surface area contributed by atoms with E-state index in [4.69, 9.17) is 14.3 Å². The van der Waals surface area contributed by atoms with E-state index in [1.807, 2.05) is 12.1 Å². The van der Waals surface area contributed by atoms with Crippen molar-refractivity contribution in [2.45, 2.75) is 18.1 Å². The van der Waals surface area contributed by atoms with Gasteiger partial charge >= 0.3 is 6.18 Å². The number of methoxy groups -OCH3 is 2. The van der Waals surface area contributed by atoms with Crippen LogP contribution in [0.15, 0.2) is 103 Å². The Kier molecular flexibility index (Phi) is 6.67. The highest BCUT2D eigenvalue weighted by molar-refractivity contribution is 5.87. The lowest BCUT2D eigenvalue weighted by Gasteiger charge is -2.44. The molecule has 0 bridgehead atoms. The zero-order valence-corrected chi connectivity index (χ0v) is 20.6. The predicted molar refractivity (Wildman–Crippen MR) is 138 cm³/mol. The van der Waals surface area contributed by atoms with Crippen molar-refractivity contribution in [1.29, 1.82) is 0 Å². The Bertz CT molecular complexity index is 1490. The van der Waals surface area contributed by atoms with Crippen molar-refractivity contribution in [3.05, 3.63) is 108 Å². The molecule has 1 aromatic heterocycles. The van der Waals surface area contributed by atoms with Gasteiger partial charge < -0.3 is 14.3 Å². The summed E-state index contributed by atoms with van der Waals surface area (Å²) in [6, 6.07) is 21.3. The summed E-state index contributed by atoms with van der Waals surface area (Å²) in [5, 5.41) is 1.98. The first-order valence-electron chi connectivity index (χ1n) is 11.8. The fraction of sp³-hybridized carbons (Fsp3) is 0.172. The van der Waals surface area contributed by atoms with E-state index in [0.717, 1.165) is 6.08 Å². The quantitative estimate of drug-likeness (QED) is 0.251. The Morgan fingerprint density at radius 1 is 0.868 bits per heavy atom. The Labute approximate surface area is 217 Å². The average Bonchev–Trinajstić information content (AvgIpc) is 2.95. The first kappa shape index (κ1) is 25.1. The number of anilines is 1. The third-order valence-corrected chi connectivity index (χ3v) is 6.40. The molecule has 9 heteroatoms. The summed E-state index contributed by atoms with van der Waals surface area (Å²) >= 11 is 0. The van der Waals surface area contributed by atoms with Gasteiger partial charge in [-0.2, -0.15) is 23.2 Å². The monoisotopic (exact) mass is 519 g/mol. The van der Waals surface area contributed by atoms with Crippen LogP contribution in [0.25, 0.3) is 10.9 Å². The third kappa shape index (κ3) is 4.63. The fourth-order valence-corrected chi connectivity index (χ4v) is 4.55. The maximum atomic E-state index is 14.0. The van der Waals surface area contributed by atoms with Gasteiger partial charge in [0.1, 0.15) is 11.9 Å². The van der Waals surface area contributed by atoms with Gasteiger partial charge in [-0.25, -0.2) is 4.98 Å². The van der Waals surface area contributed by atoms with E-state index in [0.29, 0.717) is 33.7 Å². The number of halogens is 3. The first-order valence-corrected chi connectivity index (χ1v) is 11.8. The van der Waals surface area contributed by atoms with Gasteiger partial charge in [0.15, 0.2) is 11.5 Å². The van der Waals surface area contributed by atoms with Gasteiger partial charge in [-0.15, -0.1) is 0 Å². The molecule has 0 aliphatic heterocycles. The van der Waals surface area contributed by atoms with Crippen LogP contribution < -0.4 is 19.4 Å². The number of aromatic nitrogens is 2. The van der Waals surface area contributed by atoms with Crippen molar-refractivity contribution in [1.82, 2.24) is 9.97 Å². The molecule has 4 aromatic rings. The molecule has 0 amide bonds. The number of hydrogen-bond acceptors (Lipinski definition) is 6. The number of fused-ring (bicyclic) bond motifs is 1. The van der Waals surface area contributed by atoms with Crippen LogP contribution in [0.4, 0.5) is 18.9 Å². The van der Waals surface area contributed by atoms with Crippen LogP contribution in [0.2, 0.25) is 0 Å². The maximum Gasteiger partial charge on any atom is 0.412 e. The summed E-state index contributed by atoms with van der Waals surface area (Å²) in [5.41, 5.74) is -0.350. The minimum atomic E-state index is -4.52. The molecule has 0 spiro atoms. The number of alkyl halides is 3. The second-order valence-electron chi connectivity index (χ2n) is 8.64. The van der Waals surface area contributed by atoms with E-state index in [2.05, 4.69) is 9.97 Å². The highest BCUT2D eigenvalue weighted by Crippen LogP contribution is 2.46. The van der Waals surface area contributed by atoms with E-state index < -0.39 is 17.3 Å². The highest BCUT2D eigenvalue weighted by Gasteiger charge is 2.47. The zero-order chi connectivity index (χ0) is 26.8. The van der Waals surface area contributed by atoms with Crippen LogP contribution >= 0.6 is 0 Å². The van der Waals surface area contributed by atoms with Crippen molar-refractivity contribution in [3.8, 4) is 17.4 Å². The molecule has 194 valence electrons. The molecular formula is C29H24F3N3O3. The molecule has 0 saturated heterocycles. The van der Waals surface area contributed by atoms with Crippen LogP contribution in [-0.2, 0) is 5.54 Å². The molecule has 5 rings (SSSR count). The van der Waals surface area contributed by atoms with Crippen LogP contribution in [0, 0.1) is 0 Å². The van der Waals surface area contributed by atoms with Crippen LogP contribution in [-0.4, -0.2) is 30.4 Å². The lowest BCUT2D eigenvalue weighted by molar-refractivity contribution is -0.0963. The number of hydrogen-bond donors (Lipinski definition) is 0. The van der Waals surface area contributed by atoms with Crippen molar-refractivity contribution >= 4 is 16.6 Å². The summed E-state index contributed by atoms with van der Waals surface area (Å²) in [4.78, 5) is 15.2. The van der Waals surface area contributed by atoms with E-state index in [9.17, 15) is 13.2 Å². The lowest BCUT2D eigenvalue weighted by Crippen LogP contribution is -2.49. The minimum Gasteiger partial charge on any atom is -0.493 e. The molecule has 1 aliphatic carbocycles. The van der Waals surface area contributed by atoms with Gasteiger partial charge in [0.25, 0.3) is 5.88 Å². The number of ether oxygens (including phenoxy) is 2. The Balaban J connectivity index is 1.71. The fourth-order valence-electron chi connectivity index (χ4n) is 4.55. The maximum absolute atomic E-state index is 14.0. The third-order valence-electron chi connectivity index (χ3n) is 6.40. The van der Waals surface area contributed by atoms with E-state index >= 15 is 0 Å². The van der Waals surface area contributed by atoms with Gasteiger partial charge in [0.2, 0.25) is 0 Å². The number of para-hydroxylation sites is 1. The molecule has 3 aromatic carbocycles. The van der Waals surface area contributed by atoms with E-state index in [1.54, 1.807) is 66.7 Å². The molecular weight excluding hydrogens is 495 g/mol. The van der Waals surface area contributed by atoms with Crippen molar-refractivity contribution in [2.75, 3.05) is 19.3 Å². The van der Waals surface area contributed by atoms with Crippen molar-refractivity contribution < 1.29 is 27.5 Å². The highest BCUT2D eigenvalue weighted by atomic mass is 19.4. The molecule has 0 N–H and O–H groups in total. The Morgan fingerprint density at radius 3 is 2.18 bits per heavy atom. The van der Waals surface area contributed by atoms with Crippen LogP contribution in [0.5, 0.6) is 17.4 Å². The second kappa shape index (κ2) is 10.1. The standard InChI is InChI=1S/C29H24F3N3O3/c1-36-25-16-23-24(17-26(25)37-2)33-19-34-27(23)38-35(22-13-7-4-8-14-22)28(20-10-5-3-6-11-20)15-9-12-21(18-28)29(30,31)32/h3-17,19H,18H2,1-2H3.